The molecule has 0 amide bonds. The second-order valence-corrected chi connectivity index (χ2v) is 6.94. The molecule has 1 aromatic heterocycles. The fourth-order valence-corrected chi connectivity index (χ4v) is 3.38. The Morgan fingerprint density at radius 2 is 2.04 bits per heavy atom. The SMILES string of the molecule is CCNC(=NCc1nccn1Cc1ccccc1)NCCC1=CCCCC1.I. The first-order valence-corrected chi connectivity index (χ1v) is 10.1. The smallest absolute Gasteiger partial charge is 0.191 e. The van der Waals surface area contributed by atoms with E-state index in [0.717, 1.165) is 37.8 Å². The van der Waals surface area contributed by atoms with Gasteiger partial charge in [-0.05, 0) is 44.6 Å². The Morgan fingerprint density at radius 1 is 1.18 bits per heavy atom. The van der Waals surface area contributed by atoms with Crippen molar-refractivity contribution in [2.45, 2.75) is 52.1 Å². The van der Waals surface area contributed by atoms with Gasteiger partial charge in [-0.25, -0.2) is 9.98 Å². The summed E-state index contributed by atoms with van der Waals surface area (Å²) in [6, 6.07) is 10.5. The van der Waals surface area contributed by atoms with E-state index in [2.05, 4.69) is 57.4 Å². The minimum Gasteiger partial charge on any atom is -0.357 e. The first-order valence-electron chi connectivity index (χ1n) is 10.1. The van der Waals surface area contributed by atoms with Crippen molar-refractivity contribution in [2.75, 3.05) is 13.1 Å². The quantitative estimate of drug-likeness (QED) is 0.247. The molecule has 1 aliphatic carbocycles. The largest absolute Gasteiger partial charge is 0.357 e. The van der Waals surface area contributed by atoms with Gasteiger partial charge in [0.05, 0.1) is 0 Å². The van der Waals surface area contributed by atoms with E-state index in [9.17, 15) is 0 Å². The highest BCUT2D eigenvalue weighted by Gasteiger charge is 2.06. The standard InChI is InChI=1S/C22H31N5.HI/c1-2-23-22(25-14-13-19-9-5-3-6-10-19)26-17-21-24-15-16-27(21)18-20-11-7-4-8-12-20;/h4,7-9,11-12,15-16H,2-3,5-6,10,13-14,17-18H2,1H3,(H2,23,25,26);1H. The van der Waals surface area contributed by atoms with Gasteiger partial charge in [0.2, 0.25) is 0 Å². The third-order valence-corrected chi connectivity index (χ3v) is 4.84. The molecule has 152 valence electrons. The highest BCUT2D eigenvalue weighted by molar-refractivity contribution is 14.0. The number of nitrogens with one attached hydrogen (secondary N) is 2. The number of halogens is 1. The van der Waals surface area contributed by atoms with Crippen LogP contribution in [-0.2, 0) is 13.1 Å². The maximum Gasteiger partial charge on any atom is 0.191 e. The number of aliphatic imine (C=N–C) groups is 1. The molecule has 1 aromatic carbocycles. The molecule has 0 atom stereocenters. The summed E-state index contributed by atoms with van der Waals surface area (Å²) in [4.78, 5) is 9.22. The lowest BCUT2D eigenvalue weighted by atomic mass is 9.97. The molecule has 28 heavy (non-hydrogen) atoms. The fraction of sp³-hybridized carbons (Fsp3) is 0.455. The second kappa shape index (κ2) is 12.6. The van der Waals surface area contributed by atoms with Crippen LogP contribution >= 0.6 is 24.0 Å². The zero-order valence-electron chi connectivity index (χ0n) is 16.7. The highest BCUT2D eigenvalue weighted by Crippen LogP contribution is 2.19. The lowest BCUT2D eigenvalue weighted by Crippen LogP contribution is -2.38. The molecule has 0 bridgehead atoms. The van der Waals surface area contributed by atoms with Crippen LogP contribution in [0, 0.1) is 0 Å². The van der Waals surface area contributed by atoms with Crippen LogP contribution in [0.25, 0.3) is 0 Å². The van der Waals surface area contributed by atoms with Crippen molar-refractivity contribution in [3.63, 3.8) is 0 Å². The fourth-order valence-electron chi connectivity index (χ4n) is 3.38. The molecule has 3 rings (SSSR count). The summed E-state index contributed by atoms with van der Waals surface area (Å²) < 4.78 is 2.16. The van der Waals surface area contributed by atoms with E-state index in [1.165, 1.54) is 31.2 Å². The van der Waals surface area contributed by atoms with Crippen molar-refractivity contribution in [3.05, 3.63) is 65.8 Å². The average molecular weight is 493 g/mol. The minimum atomic E-state index is 0. The monoisotopic (exact) mass is 493 g/mol. The number of benzene rings is 1. The Hall–Kier alpha value is -1.83. The van der Waals surface area contributed by atoms with E-state index in [1.54, 1.807) is 5.57 Å². The summed E-state index contributed by atoms with van der Waals surface area (Å²) in [6.07, 6.45) is 12.6. The number of nitrogens with zero attached hydrogens (tertiary/aromatic N) is 3. The zero-order valence-corrected chi connectivity index (χ0v) is 19.1. The molecule has 6 heteroatoms. The van der Waals surface area contributed by atoms with Crippen LogP contribution in [0.3, 0.4) is 0 Å². The lowest BCUT2D eigenvalue weighted by molar-refractivity contribution is 0.664. The summed E-state index contributed by atoms with van der Waals surface area (Å²) in [6.45, 7) is 5.27. The van der Waals surface area contributed by atoms with Crippen molar-refractivity contribution in [2.24, 2.45) is 4.99 Å². The number of guanidine groups is 1. The predicted octanol–water partition coefficient (Wildman–Crippen LogP) is 4.50. The number of hydrogen-bond acceptors (Lipinski definition) is 2. The third kappa shape index (κ3) is 7.30. The van der Waals surface area contributed by atoms with Crippen LogP contribution in [0.5, 0.6) is 0 Å². The van der Waals surface area contributed by atoms with E-state index < -0.39 is 0 Å². The molecule has 0 spiro atoms. The second-order valence-electron chi connectivity index (χ2n) is 6.94. The molecule has 2 N–H and O–H groups in total. The van der Waals surface area contributed by atoms with Crippen LogP contribution in [0.2, 0.25) is 0 Å². The van der Waals surface area contributed by atoms with Crippen LogP contribution in [0.4, 0.5) is 0 Å². The number of aromatic nitrogens is 2. The summed E-state index contributed by atoms with van der Waals surface area (Å²) in [7, 11) is 0. The van der Waals surface area contributed by atoms with E-state index in [0.29, 0.717) is 6.54 Å². The molecule has 0 saturated heterocycles. The maximum absolute atomic E-state index is 4.73. The van der Waals surface area contributed by atoms with Gasteiger partial charge in [0, 0.05) is 32.0 Å². The van der Waals surface area contributed by atoms with Crippen molar-refractivity contribution in [1.29, 1.82) is 0 Å². The molecular weight excluding hydrogens is 461 g/mol. The topological polar surface area (TPSA) is 54.2 Å². The molecule has 1 aliphatic rings. The van der Waals surface area contributed by atoms with Gasteiger partial charge in [0.15, 0.2) is 5.96 Å². The zero-order chi connectivity index (χ0) is 18.7. The molecule has 0 radical (unpaired) electrons. The number of hydrogen-bond donors (Lipinski definition) is 2. The van der Waals surface area contributed by atoms with Crippen molar-refractivity contribution < 1.29 is 0 Å². The Labute approximate surface area is 185 Å². The minimum absolute atomic E-state index is 0. The van der Waals surface area contributed by atoms with Crippen LogP contribution in [0.15, 0.2) is 59.4 Å². The first kappa shape index (κ1) is 22.5. The van der Waals surface area contributed by atoms with Crippen LogP contribution in [0.1, 0.15) is 50.4 Å². The average Bonchev–Trinajstić information content (AvgIpc) is 3.14. The van der Waals surface area contributed by atoms with E-state index in [1.807, 2.05) is 18.5 Å². The predicted molar refractivity (Wildman–Crippen MR) is 127 cm³/mol. The van der Waals surface area contributed by atoms with E-state index in [-0.39, 0.29) is 24.0 Å². The van der Waals surface area contributed by atoms with Gasteiger partial charge < -0.3 is 15.2 Å². The normalized spacial score (nSPS) is 14.2. The van der Waals surface area contributed by atoms with Gasteiger partial charge in [-0.1, -0.05) is 42.0 Å². The Morgan fingerprint density at radius 3 is 2.79 bits per heavy atom. The highest BCUT2D eigenvalue weighted by atomic mass is 127. The summed E-state index contributed by atoms with van der Waals surface area (Å²) in [5.41, 5.74) is 2.86. The van der Waals surface area contributed by atoms with Gasteiger partial charge in [-0.2, -0.15) is 0 Å². The number of rotatable bonds is 8. The number of allylic oxidation sites excluding steroid dienone is 1. The van der Waals surface area contributed by atoms with E-state index in [4.69, 9.17) is 4.99 Å². The molecule has 0 aliphatic heterocycles. The van der Waals surface area contributed by atoms with Gasteiger partial charge >= 0.3 is 0 Å². The van der Waals surface area contributed by atoms with Crippen molar-refractivity contribution >= 4 is 29.9 Å². The molecule has 0 fully saturated rings. The third-order valence-electron chi connectivity index (χ3n) is 4.84. The molecule has 0 saturated carbocycles. The van der Waals surface area contributed by atoms with Gasteiger partial charge in [-0.15, -0.1) is 24.0 Å². The summed E-state index contributed by atoms with van der Waals surface area (Å²) >= 11 is 0. The summed E-state index contributed by atoms with van der Waals surface area (Å²) in [5, 5.41) is 6.79. The Bertz CT molecular complexity index is 751. The van der Waals surface area contributed by atoms with Crippen molar-refractivity contribution in [1.82, 2.24) is 20.2 Å². The molecule has 0 unspecified atom stereocenters. The molecular formula is C22H32IN5. The van der Waals surface area contributed by atoms with Gasteiger partial charge in [0.1, 0.15) is 12.4 Å². The molecule has 5 nitrogen and oxygen atoms in total. The Kier molecular flexibility index (Phi) is 10.1. The molecule has 2 aromatic rings. The molecule has 1 heterocycles. The lowest BCUT2D eigenvalue weighted by Gasteiger charge is -2.15. The van der Waals surface area contributed by atoms with Gasteiger partial charge in [-0.3, -0.25) is 0 Å². The van der Waals surface area contributed by atoms with E-state index >= 15 is 0 Å². The first-order chi connectivity index (χ1) is 13.3. The van der Waals surface area contributed by atoms with Gasteiger partial charge in [0.25, 0.3) is 0 Å². The van der Waals surface area contributed by atoms with Crippen LogP contribution in [-0.4, -0.2) is 28.6 Å². The Balaban J connectivity index is 0.00000280. The van der Waals surface area contributed by atoms with Crippen molar-refractivity contribution in [3.8, 4) is 0 Å². The van der Waals surface area contributed by atoms with Crippen LogP contribution < -0.4 is 10.6 Å². The maximum atomic E-state index is 4.73. The number of imidazole rings is 1. The summed E-state index contributed by atoms with van der Waals surface area (Å²) in [5.74, 6) is 1.84.